The zero-order chi connectivity index (χ0) is 14.4. The number of carbonyl (C=O) groups excluding carboxylic acids is 1. The van der Waals surface area contributed by atoms with Gasteiger partial charge in [0.15, 0.2) is 0 Å². The van der Waals surface area contributed by atoms with Crippen molar-refractivity contribution in [3.63, 3.8) is 0 Å². The molecule has 0 aromatic carbocycles. The first-order chi connectivity index (χ1) is 9.74. The molecule has 114 valence electrons. The Morgan fingerprint density at radius 1 is 1.15 bits per heavy atom. The molecule has 0 aromatic heterocycles. The van der Waals surface area contributed by atoms with Crippen molar-refractivity contribution >= 4 is 5.97 Å². The summed E-state index contributed by atoms with van der Waals surface area (Å²) in [5.74, 6) is 1.52. The molecule has 0 N–H and O–H groups in total. The number of hydrogen-bond donors (Lipinski definition) is 0. The molecule has 0 amide bonds. The van der Waals surface area contributed by atoms with Crippen LogP contribution >= 0.6 is 0 Å². The number of ether oxygens (including phenoxy) is 1. The van der Waals surface area contributed by atoms with Gasteiger partial charge in [0.05, 0.1) is 5.92 Å². The minimum Gasteiger partial charge on any atom is -0.462 e. The fourth-order valence-corrected chi connectivity index (χ4v) is 3.83. The van der Waals surface area contributed by atoms with Crippen molar-refractivity contribution in [3.8, 4) is 0 Å². The lowest BCUT2D eigenvalue weighted by Crippen LogP contribution is -2.36. The number of carbonyl (C=O) groups is 1. The predicted octanol–water partition coefficient (Wildman–Crippen LogP) is 4.88. The topological polar surface area (TPSA) is 26.3 Å². The number of allylic oxidation sites excluding steroid dienone is 1. The third-order valence-electron chi connectivity index (χ3n) is 5.23. The third-order valence-corrected chi connectivity index (χ3v) is 5.23. The van der Waals surface area contributed by atoms with Gasteiger partial charge in [0.25, 0.3) is 0 Å². The van der Waals surface area contributed by atoms with E-state index < -0.39 is 0 Å². The van der Waals surface area contributed by atoms with Crippen molar-refractivity contribution in [1.29, 1.82) is 0 Å². The molecule has 2 fully saturated rings. The fraction of sp³-hybridized carbons (Fsp3) is 0.833. The average molecular weight is 278 g/mol. The lowest BCUT2D eigenvalue weighted by atomic mass is 9.73. The Bertz CT molecular complexity index is 315. The molecular weight excluding hydrogens is 248 g/mol. The summed E-state index contributed by atoms with van der Waals surface area (Å²) in [5.41, 5.74) is 0. The summed E-state index contributed by atoms with van der Waals surface area (Å²) in [6.45, 7) is 6.10. The summed E-state index contributed by atoms with van der Waals surface area (Å²) in [5, 5.41) is 0. The number of cyclic esters (lactones) is 1. The largest absolute Gasteiger partial charge is 0.462 e. The van der Waals surface area contributed by atoms with Crippen molar-refractivity contribution in [3.05, 3.63) is 12.7 Å². The van der Waals surface area contributed by atoms with Crippen molar-refractivity contribution in [2.75, 3.05) is 0 Å². The fourth-order valence-electron chi connectivity index (χ4n) is 3.83. The van der Waals surface area contributed by atoms with Crippen LogP contribution in [0.15, 0.2) is 12.7 Å². The molecule has 2 nitrogen and oxygen atoms in total. The van der Waals surface area contributed by atoms with Crippen LogP contribution in [0.25, 0.3) is 0 Å². The molecule has 2 aliphatic rings. The highest BCUT2D eigenvalue weighted by Gasteiger charge is 2.36. The number of unbranched alkanes of at least 4 members (excludes halogenated alkanes) is 2. The smallest absolute Gasteiger partial charge is 0.309 e. The zero-order valence-corrected chi connectivity index (χ0v) is 13.0. The number of hydrogen-bond acceptors (Lipinski definition) is 2. The molecule has 2 rings (SSSR count). The SMILES string of the molecule is C=CC1CCC(C2CCC(CCCCC)OC2=O)CC1. The van der Waals surface area contributed by atoms with Crippen molar-refractivity contribution < 1.29 is 9.53 Å². The second kappa shape index (κ2) is 7.85. The van der Waals surface area contributed by atoms with Gasteiger partial charge in [-0.05, 0) is 63.2 Å². The van der Waals surface area contributed by atoms with Gasteiger partial charge in [-0.2, -0.15) is 0 Å². The van der Waals surface area contributed by atoms with Gasteiger partial charge >= 0.3 is 5.97 Å². The van der Waals surface area contributed by atoms with Crippen molar-refractivity contribution in [1.82, 2.24) is 0 Å². The average Bonchev–Trinajstić information content (AvgIpc) is 2.48. The van der Waals surface area contributed by atoms with Crippen LogP contribution in [-0.2, 0) is 9.53 Å². The standard InChI is InChI=1S/C18H30O2/c1-3-5-6-7-16-12-13-17(18(19)20-16)15-10-8-14(4-2)9-11-15/h4,14-17H,2-3,5-13H2,1H3. The lowest BCUT2D eigenvalue weighted by molar-refractivity contribution is -0.164. The van der Waals surface area contributed by atoms with E-state index in [4.69, 9.17) is 4.74 Å². The van der Waals surface area contributed by atoms with Gasteiger partial charge in [0, 0.05) is 0 Å². The Kier molecular flexibility index (Phi) is 6.12. The van der Waals surface area contributed by atoms with Crippen LogP contribution in [0.4, 0.5) is 0 Å². The molecule has 0 bridgehead atoms. The summed E-state index contributed by atoms with van der Waals surface area (Å²) in [6, 6.07) is 0. The van der Waals surface area contributed by atoms with E-state index in [1.165, 1.54) is 44.9 Å². The van der Waals surface area contributed by atoms with E-state index in [0.717, 1.165) is 19.3 Å². The Labute approximate surface area is 124 Å². The summed E-state index contributed by atoms with van der Waals surface area (Å²) >= 11 is 0. The van der Waals surface area contributed by atoms with Crippen molar-refractivity contribution in [2.45, 2.75) is 77.2 Å². The van der Waals surface area contributed by atoms with Crippen LogP contribution < -0.4 is 0 Å². The summed E-state index contributed by atoms with van der Waals surface area (Å²) < 4.78 is 5.69. The molecule has 20 heavy (non-hydrogen) atoms. The molecular formula is C18H30O2. The summed E-state index contributed by atoms with van der Waals surface area (Å²) in [4.78, 5) is 12.2. The molecule has 1 saturated heterocycles. The monoisotopic (exact) mass is 278 g/mol. The van der Waals surface area contributed by atoms with Gasteiger partial charge in [-0.25, -0.2) is 0 Å². The lowest BCUT2D eigenvalue weighted by Gasteiger charge is -2.36. The van der Waals surface area contributed by atoms with Crippen LogP contribution in [0, 0.1) is 17.8 Å². The maximum Gasteiger partial charge on any atom is 0.309 e. The molecule has 1 heterocycles. The molecule has 0 radical (unpaired) electrons. The Balaban J connectivity index is 1.75. The van der Waals surface area contributed by atoms with E-state index in [1.54, 1.807) is 0 Å². The second-order valence-corrected chi connectivity index (χ2v) is 6.65. The van der Waals surface area contributed by atoms with Gasteiger partial charge in [0.1, 0.15) is 6.10 Å². The van der Waals surface area contributed by atoms with E-state index in [0.29, 0.717) is 11.8 Å². The predicted molar refractivity (Wildman–Crippen MR) is 82.4 cm³/mol. The van der Waals surface area contributed by atoms with Gasteiger partial charge < -0.3 is 4.74 Å². The van der Waals surface area contributed by atoms with Crippen LogP contribution in [-0.4, -0.2) is 12.1 Å². The second-order valence-electron chi connectivity index (χ2n) is 6.65. The molecule has 1 aliphatic heterocycles. The Hall–Kier alpha value is -0.790. The minimum absolute atomic E-state index is 0.0970. The van der Waals surface area contributed by atoms with Gasteiger partial charge in [-0.3, -0.25) is 4.79 Å². The summed E-state index contributed by atoms with van der Waals surface area (Å²) in [6.07, 6.45) is 13.9. The molecule has 0 spiro atoms. The Morgan fingerprint density at radius 2 is 1.90 bits per heavy atom. The van der Waals surface area contributed by atoms with Gasteiger partial charge in [-0.15, -0.1) is 6.58 Å². The molecule has 0 aromatic rings. The van der Waals surface area contributed by atoms with Gasteiger partial charge in [0.2, 0.25) is 0 Å². The highest BCUT2D eigenvalue weighted by molar-refractivity contribution is 5.73. The highest BCUT2D eigenvalue weighted by Crippen LogP contribution is 2.38. The number of esters is 1. The molecule has 1 aliphatic carbocycles. The van der Waals surface area contributed by atoms with E-state index in [2.05, 4.69) is 19.6 Å². The Morgan fingerprint density at radius 3 is 2.50 bits per heavy atom. The molecule has 2 unspecified atom stereocenters. The van der Waals surface area contributed by atoms with E-state index in [9.17, 15) is 4.79 Å². The molecule has 2 heteroatoms. The normalized spacial score (nSPS) is 34.5. The summed E-state index contributed by atoms with van der Waals surface area (Å²) in [7, 11) is 0. The first kappa shape index (κ1) is 15.6. The first-order valence-electron chi connectivity index (χ1n) is 8.57. The van der Waals surface area contributed by atoms with Gasteiger partial charge in [-0.1, -0.05) is 25.8 Å². The van der Waals surface area contributed by atoms with Crippen LogP contribution in [0.3, 0.4) is 0 Å². The van der Waals surface area contributed by atoms with E-state index >= 15 is 0 Å². The van der Waals surface area contributed by atoms with Crippen LogP contribution in [0.5, 0.6) is 0 Å². The quantitative estimate of drug-likeness (QED) is 0.393. The molecule has 1 saturated carbocycles. The molecule has 2 atom stereocenters. The third kappa shape index (κ3) is 4.10. The first-order valence-corrected chi connectivity index (χ1v) is 8.57. The van der Waals surface area contributed by atoms with Crippen molar-refractivity contribution in [2.24, 2.45) is 17.8 Å². The minimum atomic E-state index is 0.0970. The van der Waals surface area contributed by atoms with E-state index in [1.807, 2.05) is 0 Å². The zero-order valence-electron chi connectivity index (χ0n) is 13.0. The number of rotatable bonds is 6. The maximum absolute atomic E-state index is 12.2. The maximum atomic E-state index is 12.2. The highest BCUT2D eigenvalue weighted by atomic mass is 16.5. The van der Waals surface area contributed by atoms with Crippen LogP contribution in [0.2, 0.25) is 0 Å². The van der Waals surface area contributed by atoms with Crippen LogP contribution in [0.1, 0.15) is 71.1 Å². The van der Waals surface area contributed by atoms with E-state index in [-0.39, 0.29) is 18.0 Å².